The molecule has 0 aromatic rings. The van der Waals surface area contributed by atoms with E-state index < -0.39 is 4.29 Å². The Balaban J connectivity index is 3.65. The second kappa shape index (κ2) is 4.25. The molecule has 0 unspecified atom stereocenters. The van der Waals surface area contributed by atoms with Crippen LogP contribution in [0.25, 0.3) is 0 Å². The Labute approximate surface area is 77.5 Å². The van der Waals surface area contributed by atoms with E-state index in [-0.39, 0.29) is 9.52 Å². The lowest BCUT2D eigenvalue weighted by Crippen LogP contribution is -2.13. The molecule has 0 heterocycles. The molecule has 0 aromatic heterocycles. The molecule has 0 aliphatic heterocycles. The van der Waals surface area contributed by atoms with Crippen LogP contribution >= 0.6 is 59.4 Å². The van der Waals surface area contributed by atoms with E-state index in [1.54, 1.807) is 0 Å². The van der Waals surface area contributed by atoms with E-state index >= 15 is 0 Å². The summed E-state index contributed by atoms with van der Waals surface area (Å²) in [7, 11) is 0. The maximum absolute atomic E-state index is 10.6. The minimum atomic E-state index is -0.605. The molecule has 0 rings (SSSR count). The maximum Gasteiger partial charge on any atom is 0.185 e. The van der Waals surface area contributed by atoms with Crippen molar-refractivity contribution in [3.05, 3.63) is 0 Å². The van der Waals surface area contributed by atoms with Crippen LogP contribution in [0.5, 0.6) is 0 Å². The minimum absolute atomic E-state index is 0.133. The van der Waals surface area contributed by atoms with Crippen LogP contribution < -0.4 is 0 Å². The molecular weight excluding hydrogens is 327 g/mol. The van der Waals surface area contributed by atoms with Crippen molar-refractivity contribution in [2.24, 2.45) is 0 Å². The van der Waals surface area contributed by atoms with Gasteiger partial charge in [-0.2, -0.15) is 0 Å². The van der Waals surface area contributed by atoms with Crippen molar-refractivity contribution in [1.29, 1.82) is 0 Å². The Bertz CT molecular complexity index is 82.5. The minimum Gasteiger partial charge on any atom is -0.295 e. The third-order valence-corrected chi connectivity index (χ3v) is 2.00. The normalized spacial score (nSPS) is 14.1. The monoisotopic (exact) mass is 326 g/mol. The molecule has 8 heavy (non-hydrogen) atoms. The molecule has 0 bridgehead atoms. The van der Waals surface area contributed by atoms with Crippen LogP contribution in [-0.4, -0.2) is 13.8 Å². The number of hydrogen-bond acceptors (Lipinski definition) is 1. The van der Waals surface area contributed by atoms with Gasteiger partial charge >= 0.3 is 0 Å². The van der Waals surface area contributed by atoms with Crippen molar-refractivity contribution in [1.82, 2.24) is 0 Å². The van der Waals surface area contributed by atoms with Gasteiger partial charge in [0.2, 0.25) is 0 Å². The van der Waals surface area contributed by atoms with Gasteiger partial charge in [0, 0.05) is 0 Å². The Morgan fingerprint density at radius 2 is 1.75 bits per heavy atom. The van der Waals surface area contributed by atoms with Crippen molar-refractivity contribution >= 4 is 65.2 Å². The van der Waals surface area contributed by atoms with E-state index in [4.69, 9.17) is 11.6 Å². The summed E-state index contributed by atoms with van der Waals surface area (Å²) in [6.07, 6.45) is 0. The van der Waals surface area contributed by atoms with Crippen LogP contribution in [-0.2, 0) is 4.79 Å². The van der Waals surface area contributed by atoms with Crippen molar-refractivity contribution in [2.75, 3.05) is 0 Å². The maximum atomic E-state index is 10.6. The van der Waals surface area contributed by atoms with Gasteiger partial charge in [0.15, 0.2) is 5.78 Å². The summed E-state index contributed by atoms with van der Waals surface area (Å²) >= 11 is 14.2. The molecule has 0 aromatic carbocycles. The van der Waals surface area contributed by atoms with Crippen LogP contribution in [0.4, 0.5) is 0 Å². The predicted octanol–water partition coefficient (Wildman–Crippen LogP) is 2.63. The first kappa shape index (κ1) is 9.40. The fourth-order valence-corrected chi connectivity index (χ4v) is 2.03. The van der Waals surface area contributed by atoms with Gasteiger partial charge in [-0.1, -0.05) is 47.8 Å². The summed E-state index contributed by atoms with van der Waals surface area (Å²) in [6.45, 7) is 0. The zero-order valence-corrected chi connectivity index (χ0v) is 9.09. The molecule has 0 spiro atoms. The third-order valence-electron chi connectivity index (χ3n) is 0.430. The highest BCUT2D eigenvalue weighted by Gasteiger charge is 2.17. The zero-order valence-electron chi connectivity index (χ0n) is 3.57. The van der Waals surface area contributed by atoms with Gasteiger partial charge in [-0.15, -0.1) is 11.6 Å². The lowest BCUT2D eigenvalue weighted by atomic mass is 10.5. The van der Waals surface area contributed by atoms with Gasteiger partial charge in [-0.25, -0.2) is 0 Å². The largest absolute Gasteiger partial charge is 0.295 e. The summed E-state index contributed by atoms with van der Waals surface area (Å²) in [5.74, 6) is -0.133. The van der Waals surface area contributed by atoms with E-state index in [9.17, 15) is 4.79 Å². The van der Waals surface area contributed by atoms with Gasteiger partial charge in [-0.3, -0.25) is 4.79 Å². The Morgan fingerprint density at radius 1 is 1.38 bits per heavy atom. The number of halogens is 4. The summed E-state index contributed by atoms with van der Waals surface area (Å²) in [5.41, 5.74) is 0. The van der Waals surface area contributed by atoms with E-state index in [0.29, 0.717) is 0 Å². The number of Topliss-reactive ketones (excluding diaryl/α,β-unsaturated/α-hetero) is 1. The SMILES string of the molecule is O=C(C(Br)Br)[C@@H](Cl)Br. The fraction of sp³-hybridized carbons (Fsp3) is 0.667. The lowest BCUT2D eigenvalue weighted by molar-refractivity contribution is -0.115. The van der Waals surface area contributed by atoms with Gasteiger partial charge in [0.1, 0.15) is 8.02 Å². The highest BCUT2D eigenvalue weighted by atomic mass is 79.9. The fourth-order valence-electron chi connectivity index (χ4n) is 0.0952. The van der Waals surface area contributed by atoms with Gasteiger partial charge in [-0.05, 0) is 0 Å². The van der Waals surface area contributed by atoms with Crippen LogP contribution in [0.15, 0.2) is 0 Å². The van der Waals surface area contributed by atoms with Crippen molar-refractivity contribution in [3.63, 3.8) is 0 Å². The molecule has 5 heteroatoms. The first-order chi connectivity index (χ1) is 3.55. The van der Waals surface area contributed by atoms with Crippen LogP contribution in [0.3, 0.4) is 0 Å². The van der Waals surface area contributed by atoms with E-state index in [1.807, 2.05) is 0 Å². The van der Waals surface area contributed by atoms with E-state index in [2.05, 4.69) is 47.8 Å². The molecule has 0 fully saturated rings. The number of hydrogen-bond donors (Lipinski definition) is 0. The quantitative estimate of drug-likeness (QED) is 0.712. The standard InChI is InChI=1S/C3H2Br3ClO/c4-2(5)1(8)3(6)7/h2-3H/t3-/m1/s1. The highest BCUT2D eigenvalue weighted by molar-refractivity contribution is 9.25. The number of carbonyl (C=O) groups is 1. The molecule has 0 radical (unpaired) electrons. The van der Waals surface area contributed by atoms with Gasteiger partial charge in [0.05, 0.1) is 0 Å². The summed E-state index contributed by atoms with van der Waals surface area (Å²) in [4.78, 5) is 10.6. The Hall–Kier alpha value is 1.40. The van der Waals surface area contributed by atoms with Crippen LogP contribution in [0.2, 0.25) is 0 Å². The second-order valence-electron chi connectivity index (χ2n) is 1.00. The molecule has 0 aliphatic carbocycles. The molecule has 48 valence electrons. The van der Waals surface area contributed by atoms with Gasteiger partial charge < -0.3 is 0 Å². The topological polar surface area (TPSA) is 17.1 Å². The van der Waals surface area contributed by atoms with Crippen molar-refractivity contribution < 1.29 is 4.79 Å². The average molecular weight is 329 g/mol. The van der Waals surface area contributed by atoms with Crippen LogP contribution in [0, 0.1) is 0 Å². The van der Waals surface area contributed by atoms with E-state index in [0.717, 1.165) is 0 Å². The molecule has 0 saturated heterocycles. The van der Waals surface area contributed by atoms with E-state index in [1.165, 1.54) is 0 Å². The molecule has 1 nitrogen and oxygen atoms in total. The molecule has 1 atom stereocenters. The molecule has 0 amide bonds. The Kier molecular flexibility index (Phi) is 5.00. The van der Waals surface area contributed by atoms with Crippen LogP contribution in [0.1, 0.15) is 0 Å². The van der Waals surface area contributed by atoms with Crippen molar-refractivity contribution in [3.8, 4) is 0 Å². The Morgan fingerprint density at radius 3 is 1.75 bits per heavy atom. The molecule has 0 aliphatic rings. The number of carbonyl (C=O) groups excluding carboxylic acids is 1. The number of rotatable bonds is 2. The summed E-state index contributed by atoms with van der Waals surface area (Å²) in [6, 6.07) is 0. The average Bonchev–Trinajstić information content (AvgIpc) is 1.64. The smallest absolute Gasteiger partial charge is 0.185 e. The zero-order chi connectivity index (χ0) is 6.73. The molecule has 0 N–H and O–H groups in total. The first-order valence-corrected chi connectivity index (χ1v) is 4.84. The third kappa shape index (κ3) is 3.43. The summed E-state index contributed by atoms with van der Waals surface area (Å²) in [5, 5.41) is 0. The summed E-state index contributed by atoms with van der Waals surface area (Å²) < 4.78 is -0.955. The number of ketones is 1. The molecule has 0 saturated carbocycles. The second-order valence-corrected chi connectivity index (χ2v) is 5.94. The lowest BCUT2D eigenvalue weighted by Gasteiger charge is -1.98. The highest BCUT2D eigenvalue weighted by Crippen LogP contribution is 2.17. The van der Waals surface area contributed by atoms with Crippen molar-refractivity contribution in [2.45, 2.75) is 8.02 Å². The predicted molar refractivity (Wildman–Crippen MR) is 45.2 cm³/mol. The molecular formula is C3H2Br3ClO. The van der Waals surface area contributed by atoms with Gasteiger partial charge in [0.25, 0.3) is 0 Å². The number of alkyl halides is 4. The first-order valence-electron chi connectivity index (χ1n) is 1.65.